The van der Waals surface area contributed by atoms with Crippen LogP contribution < -0.4 is 4.74 Å². The van der Waals surface area contributed by atoms with Gasteiger partial charge in [0.1, 0.15) is 17.4 Å². The molecule has 134 valence electrons. The van der Waals surface area contributed by atoms with Crippen molar-refractivity contribution < 1.29 is 26.7 Å². The number of methoxy groups -OCH3 is 1. The van der Waals surface area contributed by atoms with Gasteiger partial charge in [-0.2, -0.15) is 0 Å². The Hall–Kier alpha value is -2.87. The van der Waals surface area contributed by atoms with Crippen LogP contribution in [0.1, 0.15) is 15.9 Å². The Kier molecular flexibility index (Phi) is 4.45. The SMILES string of the molecule is COc1cc(S(C)(=O)=O)nc2cccc(C(=O)c3ccc(F)cc3F)c12. The average Bonchev–Trinajstić information content (AvgIpc) is 2.58. The smallest absolute Gasteiger partial charge is 0.196 e. The van der Waals surface area contributed by atoms with Gasteiger partial charge in [-0.1, -0.05) is 12.1 Å². The molecule has 2 aromatic carbocycles. The number of fused-ring (bicyclic) bond motifs is 1. The number of hydrogen-bond acceptors (Lipinski definition) is 5. The van der Waals surface area contributed by atoms with Gasteiger partial charge < -0.3 is 4.74 Å². The summed E-state index contributed by atoms with van der Waals surface area (Å²) in [4.78, 5) is 16.8. The normalized spacial score (nSPS) is 11.5. The summed E-state index contributed by atoms with van der Waals surface area (Å²) in [7, 11) is -2.28. The minimum atomic E-state index is -3.60. The first-order valence-corrected chi connectivity index (χ1v) is 9.29. The molecule has 8 heteroatoms. The summed E-state index contributed by atoms with van der Waals surface area (Å²) in [6.07, 6.45) is 1.00. The van der Waals surface area contributed by atoms with Crippen LogP contribution in [0.4, 0.5) is 8.78 Å². The standard InChI is InChI=1S/C18H13F2NO4S/c1-25-15-9-16(26(2,23)24)21-14-5-3-4-12(17(14)15)18(22)11-7-6-10(19)8-13(11)20/h3-9H,1-2H3. The third-order valence-corrected chi connectivity index (χ3v) is 4.76. The Morgan fingerprint density at radius 3 is 2.42 bits per heavy atom. The van der Waals surface area contributed by atoms with Crippen molar-refractivity contribution >= 4 is 26.5 Å². The van der Waals surface area contributed by atoms with Gasteiger partial charge in [0.2, 0.25) is 0 Å². The van der Waals surface area contributed by atoms with Gasteiger partial charge >= 0.3 is 0 Å². The molecule has 0 spiro atoms. The minimum absolute atomic E-state index is 0.0670. The quantitative estimate of drug-likeness (QED) is 0.653. The monoisotopic (exact) mass is 377 g/mol. The Morgan fingerprint density at radius 1 is 1.08 bits per heavy atom. The maximum absolute atomic E-state index is 14.0. The van der Waals surface area contributed by atoms with Crippen LogP contribution >= 0.6 is 0 Å². The number of pyridine rings is 1. The fourth-order valence-corrected chi connectivity index (χ4v) is 3.17. The first-order chi connectivity index (χ1) is 12.2. The number of carbonyl (C=O) groups excluding carboxylic acids is 1. The van der Waals surface area contributed by atoms with Gasteiger partial charge in [-0.05, 0) is 18.2 Å². The molecular formula is C18H13F2NO4S. The van der Waals surface area contributed by atoms with E-state index in [1.165, 1.54) is 31.4 Å². The van der Waals surface area contributed by atoms with Gasteiger partial charge in [0.25, 0.3) is 0 Å². The molecule has 0 aliphatic rings. The Balaban J connectivity index is 2.29. The van der Waals surface area contributed by atoms with Crippen molar-refractivity contribution in [2.75, 3.05) is 13.4 Å². The number of ether oxygens (including phenoxy) is 1. The zero-order valence-electron chi connectivity index (χ0n) is 13.8. The average molecular weight is 377 g/mol. The lowest BCUT2D eigenvalue weighted by atomic mass is 9.98. The Morgan fingerprint density at radius 2 is 1.81 bits per heavy atom. The van der Waals surface area contributed by atoms with Crippen molar-refractivity contribution in [1.29, 1.82) is 0 Å². The second kappa shape index (κ2) is 6.45. The molecule has 0 radical (unpaired) electrons. The van der Waals surface area contributed by atoms with E-state index in [-0.39, 0.29) is 32.8 Å². The van der Waals surface area contributed by atoms with Crippen LogP contribution in [0.5, 0.6) is 5.75 Å². The van der Waals surface area contributed by atoms with E-state index in [1.54, 1.807) is 0 Å². The third-order valence-electron chi connectivity index (χ3n) is 3.79. The summed E-state index contributed by atoms with van der Waals surface area (Å²) in [5, 5.41) is 0.0375. The highest BCUT2D eigenvalue weighted by atomic mass is 32.2. The number of rotatable bonds is 4. The Labute approximate surface area is 148 Å². The molecule has 0 N–H and O–H groups in total. The van der Waals surface area contributed by atoms with Crippen LogP contribution in [-0.4, -0.2) is 32.6 Å². The lowest BCUT2D eigenvalue weighted by molar-refractivity contribution is 0.103. The minimum Gasteiger partial charge on any atom is -0.496 e. The number of sulfone groups is 1. The van der Waals surface area contributed by atoms with Crippen LogP contribution in [-0.2, 0) is 9.84 Å². The van der Waals surface area contributed by atoms with E-state index in [9.17, 15) is 22.0 Å². The van der Waals surface area contributed by atoms with Crippen molar-refractivity contribution in [3.8, 4) is 5.75 Å². The molecular weight excluding hydrogens is 364 g/mol. The number of benzene rings is 2. The zero-order valence-corrected chi connectivity index (χ0v) is 14.6. The van der Waals surface area contributed by atoms with Crippen molar-refractivity contribution in [3.05, 3.63) is 65.2 Å². The lowest BCUT2D eigenvalue weighted by Gasteiger charge is -2.12. The van der Waals surface area contributed by atoms with Crippen molar-refractivity contribution in [3.63, 3.8) is 0 Å². The molecule has 0 unspecified atom stereocenters. The number of ketones is 1. The zero-order chi connectivity index (χ0) is 19.1. The molecule has 0 saturated carbocycles. The highest BCUT2D eigenvalue weighted by Crippen LogP contribution is 2.31. The molecule has 0 amide bonds. The van der Waals surface area contributed by atoms with E-state index >= 15 is 0 Å². The molecule has 5 nitrogen and oxygen atoms in total. The van der Waals surface area contributed by atoms with Gasteiger partial charge in [-0.25, -0.2) is 22.2 Å². The Bertz CT molecular complexity index is 1140. The van der Waals surface area contributed by atoms with Gasteiger partial charge in [0.15, 0.2) is 20.6 Å². The molecule has 0 aliphatic carbocycles. The number of aromatic nitrogens is 1. The topological polar surface area (TPSA) is 73.3 Å². The first kappa shape index (κ1) is 17.9. The highest BCUT2D eigenvalue weighted by molar-refractivity contribution is 7.90. The number of halogens is 2. The lowest BCUT2D eigenvalue weighted by Crippen LogP contribution is -2.08. The largest absolute Gasteiger partial charge is 0.496 e. The van der Waals surface area contributed by atoms with E-state index < -0.39 is 27.3 Å². The first-order valence-electron chi connectivity index (χ1n) is 7.40. The summed E-state index contributed by atoms with van der Waals surface area (Å²) < 4.78 is 55.9. The van der Waals surface area contributed by atoms with E-state index in [1.807, 2.05) is 0 Å². The van der Waals surface area contributed by atoms with Crippen LogP contribution in [0.25, 0.3) is 10.9 Å². The van der Waals surface area contributed by atoms with E-state index in [2.05, 4.69) is 4.98 Å². The predicted molar refractivity (Wildman–Crippen MR) is 91.2 cm³/mol. The molecule has 0 fully saturated rings. The van der Waals surface area contributed by atoms with E-state index in [0.717, 1.165) is 18.4 Å². The molecule has 3 rings (SSSR count). The maximum atomic E-state index is 14.0. The van der Waals surface area contributed by atoms with Gasteiger partial charge in [-0.15, -0.1) is 0 Å². The number of nitrogens with zero attached hydrogens (tertiary/aromatic N) is 1. The van der Waals surface area contributed by atoms with Crippen LogP contribution in [0.2, 0.25) is 0 Å². The molecule has 0 saturated heterocycles. The maximum Gasteiger partial charge on any atom is 0.196 e. The van der Waals surface area contributed by atoms with Gasteiger partial charge in [0, 0.05) is 24.0 Å². The van der Waals surface area contributed by atoms with Crippen molar-refractivity contribution in [2.45, 2.75) is 5.03 Å². The molecule has 0 bridgehead atoms. The second-order valence-corrected chi connectivity index (χ2v) is 7.55. The molecule has 0 aliphatic heterocycles. The summed E-state index contributed by atoms with van der Waals surface area (Å²) in [6, 6.07) is 8.32. The number of hydrogen-bond donors (Lipinski definition) is 0. The van der Waals surface area contributed by atoms with E-state index in [0.29, 0.717) is 6.07 Å². The van der Waals surface area contributed by atoms with Crippen LogP contribution in [0.15, 0.2) is 47.5 Å². The highest BCUT2D eigenvalue weighted by Gasteiger charge is 2.22. The fourth-order valence-electron chi connectivity index (χ4n) is 2.59. The summed E-state index contributed by atoms with van der Waals surface area (Å²) in [5.74, 6) is -2.37. The molecule has 1 heterocycles. The molecule has 26 heavy (non-hydrogen) atoms. The summed E-state index contributed by atoms with van der Waals surface area (Å²) >= 11 is 0. The second-order valence-electron chi connectivity index (χ2n) is 5.59. The number of carbonyl (C=O) groups is 1. The van der Waals surface area contributed by atoms with Gasteiger partial charge in [-0.3, -0.25) is 4.79 Å². The van der Waals surface area contributed by atoms with Crippen molar-refractivity contribution in [2.24, 2.45) is 0 Å². The molecule has 3 aromatic rings. The van der Waals surface area contributed by atoms with Crippen molar-refractivity contribution in [1.82, 2.24) is 4.98 Å². The third kappa shape index (κ3) is 3.15. The molecule has 1 aromatic heterocycles. The summed E-state index contributed by atoms with van der Waals surface area (Å²) in [6.45, 7) is 0. The van der Waals surface area contributed by atoms with Crippen LogP contribution in [0.3, 0.4) is 0 Å². The van der Waals surface area contributed by atoms with E-state index in [4.69, 9.17) is 4.74 Å². The molecule has 0 atom stereocenters. The predicted octanol–water partition coefficient (Wildman–Crippen LogP) is 3.16. The summed E-state index contributed by atoms with van der Waals surface area (Å²) in [5.41, 5.74) is -0.0382. The van der Waals surface area contributed by atoms with Gasteiger partial charge in [0.05, 0.1) is 23.6 Å². The fraction of sp³-hybridized carbons (Fsp3) is 0.111. The van der Waals surface area contributed by atoms with Crippen LogP contribution in [0, 0.1) is 11.6 Å².